The van der Waals surface area contributed by atoms with Gasteiger partial charge in [-0.15, -0.1) is 0 Å². The van der Waals surface area contributed by atoms with E-state index in [1.165, 1.54) is 45.4 Å². The maximum atomic E-state index is 13.0. The number of ether oxygens (including phenoxy) is 4. The van der Waals surface area contributed by atoms with Gasteiger partial charge in [0.2, 0.25) is 5.75 Å². The largest absolute Gasteiger partial charge is 0.493 e. The highest BCUT2D eigenvalue weighted by molar-refractivity contribution is 5.98. The number of pyridine rings is 1. The summed E-state index contributed by atoms with van der Waals surface area (Å²) in [4.78, 5) is 40.8. The fraction of sp³-hybridized carbons (Fsp3) is 0.440. The predicted octanol–water partition coefficient (Wildman–Crippen LogP) is 4.19. The Morgan fingerprint density at radius 2 is 1.73 bits per heavy atom. The number of methoxy groups -OCH3 is 1. The third kappa shape index (κ3) is 8.09. The van der Waals surface area contributed by atoms with Gasteiger partial charge in [0.25, 0.3) is 5.91 Å². The first-order chi connectivity index (χ1) is 17.2. The van der Waals surface area contributed by atoms with Gasteiger partial charge in [-0.1, -0.05) is 19.9 Å². The molecule has 1 N–H and O–H groups in total. The molecule has 1 heterocycles. The van der Waals surface area contributed by atoms with E-state index in [1.807, 2.05) is 0 Å². The average molecular weight is 527 g/mol. The highest BCUT2D eigenvalue weighted by atomic mass is 19.4. The molecule has 2 aromatic rings. The molecule has 1 aromatic carbocycles. The van der Waals surface area contributed by atoms with Crippen molar-refractivity contribution in [3.63, 3.8) is 0 Å². The number of hydrogen-bond donors (Lipinski definition) is 1. The number of carbonyl (C=O) groups is 3. The van der Waals surface area contributed by atoms with E-state index >= 15 is 0 Å². The fourth-order valence-corrected chi connectivity index (χ4v) is 3.35. The number of rotatable bonds is 10. The topological polar surface area (TPSA) is 113 Å². The van der Waals surface area contributed by atoms with E-state index < -0.39 is 47.8 Å². The number of halogens is 3. The minimum atomic E-state index is -4.54. The number of carbonyl (C=O) groups excluding carboxylic acids is 3. The Balaban J connectivity index is 2.11. The smallest absolute Gasteiger partial charge is 0.416 e. The summed E-state index contributed by atoms with van der Waals surface area (Å²) in [5, 5.41) is 2.42. The molecule has 202 valence electrons. The molecule has 0 radical (unpaired) electrons. The Labute approximate surface area is 212 Å². The molecule has 0 aliphatic heterocycles. The van der Waals surface area contributed by atoms with E-state index in [-0.39, 0.29) is 28.9 Å². The van der Waals surface area contributed by atoms with Crippen LogP contribution in [0.3, 0.4) is 0 Å². The van der Waals surface area contributed by atoms with Gasteiger partial charge in [0.15, 0.2) is 11.4 Å². The predicted molar refractivity (Wildman–Crippen MR) is 125 cm³/mol. The molecule has 9 nitrogen and oxygen atoms in total. The Bertz CT molecular complexity index is 1120. The molecular weight excluding hydrogens is 497 g/mol. The summed E-state index contributed by atoms with van der Waals surface area (Å²) in [6.45, 7) is 7.57. The van der Waals surface area contributed by atoms with Crippen LogP contribution in [-0.4, -0.2) is 48.2 Å². The maximum absolute atomic E-state index is 13.0. The summed E-state index contributed by atoms with van der Waals surface area (Å²) < 4.78 is 60.5. The average Bonchev–Trinajstić information content (AvgIpc) is 2.81. The summed E-state index contributed by atoms with van der Waals surface area (Å²) in [6, 6.07) is 4.63. The first kappa shape index (κ1) is 29.4. The summed E-state index contributed by atoms with van der Waals surface area (Å²) in [6.07, 6.45) is -4.94. The van der Waals surface area contributed by atoms with Crippen LogP contribution in [0.15, 0.2) is 36.5 Å². The zero-order valence-corrected chi connectivity index (χ0v) is 21.2. The van der Waals surface area contributed by atoms with E-state index in [0.29, 0.717) is 0 Å². The van der Waals surface area contributed by atoms with Gasteiger partial charge in [-0.2, -0.15) is 13.2 Å². The summed E-state index contributed by atoms with van der Waals surface area (Å²) >= 11 is 0. The van der Waals surface area contributed by atoms with Crippen LogP contribution in [0.4, 0.5) is 13.2 Å². The van der Waals surface area contributed by atoms with Gasteiger partial charge in [-0.3, -0.25) is 9.59 Å². The number of benzene rings is 1. The number of nitrogens with one attached hydrogen (secondary N) is 1. The van der Waals surface area contributed by atoms with Crippen molar-refractivity contribution in [3.8, 4) is 17.2 Å². The van der Waals surface area contributed by atoms with Crippen LogP contribution in [0, 0.1) is 5.92 Å². The normalized spacial score (nSPS) is 13.8. The van der Waals surface area contributed by atoms with Crippen LogP contribution >= 0.6 is 0 Å². The van der Waals surface area contributed by atoms with Crippen molar-refractivity contribution in [1.82, 2.24) is 10.3 Å². The molecule has 0 unspecified atom stereocenters. The molecule has 1 amide bonds. The molecule has 0 saturated heterocycles. The zero-order valence-electron chi connectivity index (χ0n) is 21.2. The molecule has 0 aliphatic carbocycles. The second kappa shape index (κ2) is 12.4. The number of amides is 1. The maximum Gasteiger partial charge on any atom is 0.416 e. The lowest BCUT2D eigenvalue weighted by atomic mass is 10.0. The highest BCUT2D eigenvalue weighted by Gasteiger charge is 2.33. The molecule has 12 heteroatoms. The van der Waals surface area contributed by atoms with E-state index in [4.69, 9.17) is 18.9 Å². The van der Waals surface area contributed by atoms with Crippen molar-refractivity contribution in [3.05, 3.63) is 47.8 Å². The first-order valence-corrected chi connectivity index (χ1v) is 11.3. The second-order valence-corrected chi connectivity index (χ2v) is 8.47. The van der Waals surface area contributed by atoms with Crippen LogP contribution in [0.1, 0.15) is 50.7 Å². The zero-order chi connectivity index (χ0) is 27.9. The Morgan fingerprint density at radius 1 is 1.05 bits per heavy atom. The van der Waals surface area contributed by atoms with E-state index in [1.54, 1.807) is 13.8 Å². The molecule has 2 rings (SSSR count). The van der Waals surface area contributed by atoms with Crippen molar-refractivity contribution >= 4 is 17.8 Å². The van der Waals surface area contributed by atoms with Gasteiger partial charge < -0.3 is 24.3 Å². The molecule has 1 aromatic heterocycles. The lowest BCUT2D eigenvalue weighted by Gasteiger charge is -2.29. The number of aromatic nitrogens is 1. The lowest BCUT2D eigenvalue weighted by Crippen LogP contribution is -2.44. The molecule has 0 spiro atoms. The number of alkyl halides is 3. The molecule has 0 saturated carbocycles. The van der Waals surface area contributed by atoms with E-state index in [9.17, 15) is 27.6 Å². The van der Waals surface area contributed by atoms with Crippen molar-refractivity contribution in [2.24, 2.45) is 5.92 Å². The van der Waals surface area contributed by atoms with Gasteiger partial charge in [-0.25, -0.2) is 9.78 Å². The van der Waals surface area contributed by atoms with Crippen molar-refractivity contribution in [2.45, 2.75) is 59.0 Å². The van der Waals surface area contributed by atoms with Crippen LogP contribution in [-0.2, 0) is 20.5 Å². The summed E-state index contributed by atoms with van der Waals surface area (Å²) in [5.74, 6) is -2.75. The molecular formula is C25H29F3N2O7. The molecule has 37 heavy (non-hydrogen) atoms. The highest BCUT2D eigenvalue weighted by Crippen LogP contribution is 2.32. The van der Waals surface area contributed by atoms with Crippen molar-refractivity contribution in [1.29, 1.82) is 0 Å². The van der Waals surface area contributed by atoms with Gasteiger partial charge in [0.05, 0.1) is 12.7 Å². The Hall–Kier alpha value is -3.83. The van der Waals surface area contributed by atoms with Crippen molar-refractivity contribution in [2.75, 3.05) is 7.11 Å². The second-order valence-electron chi connectivity index (χ2n) is 8.47. The third-order valence-corrected chi connectivity index (χ3v) is 5.11. The number of hydrogen-bond acceptors (Lipinski definition) is 8. The van der Waals surface area contributed by atoms with Crippen LogP contribution in [0.2, 0.25) is 0 Å². The summed E-state index contributed by atoms with van der Waals surface area (Å²) in [7, 11) is 1.32. The molecule has 0 fully saturated rings. The Morgan fingerprint density at radius 3 is 2.30 bits per heavy atom. The van der Waals surface area contributed by atoms with Crippen LogP contribution in [0.25, 0.3) is 0 Å². The first-order valence-electron chi connectivity index (χ1n) is 11.3. The number of nitrogens with zero attached hydrogens (tertiary/aromatic N) is 1. The SMILES string of the molecule is COc1ccnc(C(=O)N[C@@H](C)C(=O)O[C@@H](C)[C@@H](Oc2cccc(C(F)(F)F)c2)C(C)C)c1OC(C)=O. The van der Waals surface area contributed by atoms with Crippen LogP contribution in [0.5, 0.6) is 17.2 Å². The fourth-order valence-electron chi connectivity index (χ4n) is 3.35. The van der Waals surface area contributed by atoms with Crippen LogP contribution < -0.4 is 19.5 Å². The lowest BCUT2D eigenvalue weighted by molar-refractivity contribution is -0.155. The van der Waals surface area contributed by atoms with E-state index in [0.717, 1.165) is 19.1 Å². The summed E-state index contributed by atoms with van der Waals surface area (Å²) in [5.41, 5.74) is -1.15. The monoisotopic (exact) mass is 526 g/mol. The molecule has 0 aliphatic rings. The van der Waals surface area contributed by atoms with Gasteiger partial charge in [-0.05, 0) is 38.0 Å². The quantitative estimate of drug-likeness (QED) is 0.459. The van der Waals surface area contributed by atoms with Gasteiger partial charge >= 0.3 is 18.1 Å². The third-order valence-electron chi connectivity index (χ3n) is 5.11. The van der Waals surface area contributed by atoms with Crippen molar-refractivity contribution < 1.29 is 46.5 Å². The Kier molecular flexibility index (Phi) is 9.87. The molecule has 3 atom stereocenters. The van der Waals surface area contributed by atoms with Gasteiger partial charge in [0.1, 0.15) is 24.0 Å². The number of esters is 2. The molecule has 0 bridgehead atoms. The van der Waals surface area contributed by atoms with E-state index in [2.05, 4.69) is 10.3 Å². The standard InChI is InChI=1S/C25H29F3N2O7/c1-13(2)21(37-18-9-7-8-17(12-18)25(26,27)28)15(4)35-24(33)14(3)30-23(32)20-22(36-16(5)31)19(34-6)10-11-29-20/h7-15,21H,1-6H3,(H,30,32)/t14-,15-,21-/m0/s1. The minimum Gasteiger partial charge on any atom is -0.493 e. The minimum absolute atomic E-state index is 0.0279. The van der Waals surface area contributed by atoms with Gasteiger partial charge in [0, 0.05) is 19.2 Å².